The standard InChI is InChI=1S/C13H16Cl2N2O2.ClH/c14-11-4-8(5-12(15)17-11)7-19-13(18)6-9-2-1-3-10(9)16;/h4-5,9-10H,1-3,6-7,16H2;1H/t9-,10-;/m0./s1. The summed E-state index contributed by atoms with van der Waals surface area (Å²) >= 11 is 11.5. The molecule has 0 aromatic carbocycles. The largest absolute Gasteiger partial charge is 0.461 e. The molecule has 2 atom stereocenters. The molecule has 0 spiro atoms. The lowest BCUT2D eigenvalue weighted by Crippen LogP contribution is -2.26. The number of carbonyl (C=O) groups excluding carboxylic acids is 1. The molecular formula is C13H17Cl3N2O2. The van der Waals surface area contributed by atoms with Gasteiger partial charge >= 0.3 is 5.97 Å². The van der Waals surface area contributed by atoms with E-state index in [0.717, 1.165) is 24.8 Å². The maximum absolute atomic E-state index is 11.7. The van der Waals surface area contributed by atoms with E-state index in [1.54, 1.807) is 12.1 Å². The average Bonchev–Trinajstić information content (AvgIpc) is 2.71. The van der Waals surface area contributed by atoms with Crippen LogP contribution < -0.4 is 5.73 Å². The van der Waals surface area contributed by atoms with Gasteiger partial charge in [0, 0.05) is 12.5 Å². The highest BCUT2D eigenvalue weighted by molar-refractivity contribution is 6.32. The summed E-state index contributed by atoms with van der Waals surface area (Å²) in [5, 5.41) is 0.577. The van der Waals surface area contributed by atoms with Crippen molar-refractivity contribution in [2.24, 2.45) is 11.7 Å². The maximum Gasteiger partial charge on any atom is 0.306 e. The van der Waals surface area contributed by atoms with Crippen LogP contribution in [0.15, 0.2) is 12.1 Å². The van der Waals surface area contributed by atoms with Crippen LogP contribution in [-0.2, 0) is 16.1 Å². The number of hydrogen-bond donors (Lipinski definition) is 1. The first-order valence-corrected chi connectivity index (χ1v) is 7.03. The molecule has 2 N–H and O–H groups in total. The van der Waals surface area contributed by atoms with Crippen molar-refractivity contribution in [3.05, 3.63) is 28.0 Å². The summed E-state index contributed by atoms with van der Waals surface area (Å²) in [5.74, 6) is 0.0172. The minimum atomic E-state index is -0.230. The Balaban J connectivity index is 0.00000200. The monoisotopic (exact) mass is 338 g/mol. The lowest BCUT2D eigenvalue weighted by atomic mass is 10.0. The van der Waals surface area contributed by atoms with Crippen LogP contribution in [0.25, 0.3) is 0 Å². The third-order valence-corrected chi connectivity index (χ3v) is 3.76. The number of pyridine rings is 1. The predicted octanol–water partition coefficient (Wildman–Crippen LogP) is 3.37. The Kier molecular flexibility index (Phi) is 7.03. The number of carbonyl (C=O) groups is 1. The van der Waals surface area contributed by atoms with Gasteiger partial charge in [-0.05, 0) is 36.5 Å². The second-order valence-electron chi connectivity index (χ2n) is 4.84. The molecule has 0 bridgehead atoms. The number of aromatic nitrogens is 1. The number of ether oxygens (including phenoxy) is 1. The summed E-state index contributed by atoms with van der Waals surface area (Å²) in [4.78, 5) is 15.6. The fraction of sp³-hybridized carbons (Fsp3) is 0.538. The minimum Gasteiger partial charge on any atom is -0.461 e. The molecule has 1 aliphatic rings. The highest BCUT2D eigenvalue weighted by Crippen LogP contribution is 2.27. The van der Waals surface area contributed by atoms with Crippen LogP contribution in [0.3, 0.4) is 0 Å². The topological polar surface area (TPSA) is 65.2 Å². The van der Waals surface area contributed by atoms with Crippen molar-refractivity contribution in [3.8, 4) is 0 Å². The van der Waals surface area contributed by atoms with Crippen LogP contribution in [-0.4, -0.2) is 17.0 Å². The molecule has 1 aliphatic carbocycles. The molecule has 0 radical (unpaired) electrons. The van der Waals surface area contributed by atoms with E-state index in [0.29, 0.717) is 6.42 Å². The third-order valence-electron chi connectivity index (χ3n) is 3.37. The van der Waals surface area contributed by atoms with Crippen molar-refractivity contribution in [1.29, 1.82) is 0 Å². The van der Waals surface area contributed by atoms with Crippen LogP contribution in [0.5, 0.6) is 0 Å². The molecule has 2 rings (SSSR count). The number of nitrogens with zero attached hydrogens (tertiary/aromatic N) is 1. The lowest BCUT2D eigenvalue weighted by molar-refractivity contribution is -0.146. The van der Waals surface area contributed by atoms with Crippen molar-refractivity contribution in [1.82, 2.24) is 4.98 Å². The first kappa shape index (κ1) is 17.5. The van der Waals surface area contributed by atoms with E-state index in [9.17, 15) is 4.79 Å². The highest BCUT2D eigenvalue weighted by Gasteiger charge is 2.26. The van der Waals surface area contributed by atoms with Crippen molar-refractivity contribution in [2.45, 2.75) is 38.3 Å². The zero-order valence-corrected chi connectivity index (χ0v) is 13.2. The van der Waals surface area contributed by atoms with Crippen molar-refractivity contribution >= 4 is 41.6 Å². The van der Waals surface area contributed by atoms with Gasteiger partial charge in [-0.3, -0.25) is 4.79 Å². The number of rotatable bonds is 4. The molecule has 7 heteroatoms. The Labute approximate surface area is 134 Å². The van der Waals surface area contributed by atoms with E-state index in [2.05, 4.69) is 4.98 Å². The summed E-state index contributed by atoms with van der Waals surface area (Å²) < 4.78 is 5.21. The van der Waals surface area contributed by atoms with Gasteiger partial charge in [0.05, 0.1) is 0 Å². The van der Waals surface area contributed by atoms with Crippen molar-refractivity contribution in [3.63, 3.8) is 0 Å². The molecule has 0 saturated heterocycles. The zero-order valence-electron chi connectivity index (χ0n) is 10.9. The van der Waals surface area contributed by atoms with E-state index in [1.165, 1.54) is 0 Å². The normalized spacial score (nSPS) is 21.4. The van der Waals surface area contributed by atoms with Gasteiger partial charge in [0.2, 0.25) is 0 Å². The predicted molar refractivity (Wildman–Crippen MR) is 81.2 cm³/mol. The Morgan fingerprint density at radius 3 is 2.55 bits per heavy atom. The van der Waals surface area contributed by atoms with Crippen LogP contribution in [0.4, 0.5) is 0 Å². The molecule has 1 aromatic rings. The molecule has 1 saturated carbocycles. The highest BCUT2D eigenvalue weighted by atomic mass is 35.5. The van der Waals surface area contributed by atoms with Gasteiger partial charge in [0.15, 0.2) is 0 Å². The third kappa shape index (κ3) is 5.09. The van der Waals surface area contributed by atoms with Crippen LogP contribution in [0.1, 0.15) is 31.2 Å². The molecule has 1 heterocycles. The number of esters is 1. The first-order chi connectivity index (χ1) is 9.04. The summed E-state index contributed by atoms with van der Waals surface area (Å²) in [6, 6.07) is 3.38. The summed E-state index contributed by atoms with van der Waals surface area (Å²) in [6.07, 6.45) is 3.47. The van der Waals surface area contributed by atoms with Crippen LogP contribution in [0, 0.1) is 5.92 Å². The molecule has 4 nitrogen and oxygen atoms in total. The van der Waals surface area contributed by atoms with E-state index < -0.39 is 0 Å². The van der Waals surface area contributed by atoms with E-state index >= 15 is 0 Å². The molecule has 1 aromatic heterocycles. The summed E-state index contributed by atoms with van der Waals surface area (Å²) in [6.45, 7) is 0.156. The van der Waals surface area contributed by atoms with Crippen LogP contribution in [0.2, 0.25) is 10.3 Å². The second kappa shape index (κ2) is 8.03. The number of hydrogen-bond acceptors (Lipinski definition) is 4. The molecule has 20 heavy (non-hydrogen) atoms. The van der Waals surface area contributed by atoms with Crippen molar-refractivity contribution < 1.29 is 9.53 Å². The minimum absolute atomic E-state index is 0. The van der Waals surface area contributed by atoms with Gasteiger partial charge in [-0.1, -0.05) is 29.6 Å². The average molecular weight is 340 g/mol. The van der Waals surface area contributed by atoms with Gasteiger partial charge in [-0.2, -0.15) is 0 Å². The smallest absolute Gasteiger partial charge is 0.306 e. The van der Waals surface area contributed by atoms with E-state index in [-0.39, 0.29) is 47.2 Å². The van der Waals surface area contributed by atoms with E-state index in [4.69, 9.17) is 33.7 Å². The zero-order chi connectivity index (χ0) is 13.8. The van der Waals surface area contributed by atoms with Gasteiger partial charge in [0.1, 0.15) is 16.9 Å². The molecule has 1 fully saturated rings. The van der Waals surface area contributed by atoms with Crippen molar-refractivity contribution in [2.75, 3.05) is 0 Å². The van der Waals surface area contributed by atoms with Crippen LogP contribution >= 0.6 is 35.6 Å². The molecule has 0 unspecified atom stereocenters. The Morgan fingerprint density at radius 2 is 2.00 bits per heavy atom. The maximum atomic E-state index is 11.7. The molecular weight excluding hydrogens is 323 g/mol. The summed E-state index contributed by atoms with van der Waals surface area (Å²) in [5.41, 5.74) is 6.65. The Hall–Kier alpha value is -0.550. The first-order valence-electron chi connectivity index (χ1n) is 6.28. The fourth-order valence-corrected chi connectivity index (χ4v) is 2.86. The van der Waals surface area contributed by atoms with Gasteiger partial charge in [0.25, 0.3) is 0 Å². The second-order valence-corrected chi connectivity index (χ2v) is 5.61. The van der Waals surface area contributed by atoms with Gasteiger partial charge < -0.3 is 10.5 Å². The molecule has 0 aliphatic heterocycles. The quantitative estimate of drug-likeness (QED) is 0.674. The SMILES string of the molecule is Cl.N[C@H]1CCC[C@H]1CC(=O)OCc1cc(Cl)nc(Cl)c1. The number of nitrogens with two attached hydrogens (primary N) is 1. The Morgan fingerprint density at radius 1 is 1.35 bits per heavy atom. The summed E-state index contributed by atoms with van der Waals surface area (Å²) in [7, 11) is 0. The lowest BCUT2D eigenvalue weighted by Gasteiger charge is -2.14. The van der Waals surface area contributed by atoms with Gasteiger partial charge in [-0.15, -0.1) is 12.4 Å². The van der Waals surface area contributed by atoms with E-state index in [1.807, 2.05) is 0 Å². The molecule has 0 amide bonds. The van der Waals surface area contributed by atoms with Gasteiger partial charge in [-0.25, -0.2) is 4.98 Å². The number of halogens is 3. The molecule has 112 valence electrons. The fourth-order valence-electron chi connectivity index (χ4n) is 2.35. The Bertz CT molecular complexity index is 451.